The van der Waals surface area contributed by atoms with E-state index in [1.54, 1.807) is 6.20 Å². The van der Waals surface area contributed by atoms with Gasteiger partial charge in [-0.1, -0.05) is 30.3 Å². The Hall–Kier alpha value is -2.36. The molecular weight excluding hydrogens is 238 g/mol. The number of hydrogen-bond donors (Lipinski definition) is 2. The molecular formula is C15H15N3O. The van der Waals surface area contributed by atoms with Crippen LogP contribution in [0.25, 0.3) is 0 Å². The van der Waals surface area contributed by atoms with Gasteiger partial charge in [0.15, 0.2) is 5.82 Å². The van der Waals surface area contributed by atoms with Crippen LogP contribution in [0.4, 0.5) is 11.5 Å². The minimum absolute atomic E-state index is 0.00699. The monoisotopic (exact) mass is 253 g/mol. The van der Waals surface area contributed by atoms with Crippen molar-refractivity contribution in [2.24, 2.45) is 0 Å². The summed E-state index contributed by atoms with van der Waals surface area (Å²) in [5.41, 5.74) is 2.94. The standard InChI is InChI=1S/C15H15N3O/c1-10-7-8-16-14-13(10)18-15(19)12(17-14)9-11-5-3-2-4-6-11/h2-8,12H,9H2,1H3,(H,16,17)(H,18,19). The maximum absolute atomic E-state index is 12.1. The van der Waals surface area contributed by atoms with E-state index >= 15 is 0 Å². The van der Waals surface area contributed by atoms with E-state index in [9.17, 15) is 4.79 Å². The Kier molecular flexibility index (Phi) is 2.91. The van der Waals surface area contributed by atoms with Gasteiger partial charge in [-0.2, -0.15) is 0 Å². The zero-order valence-corrected chi connectivity index (χ0v) is 10.7. The highest BCUT2D eigenvalue weighted by atomic mass is 16.2. The van der Waals surface area contributed by atoms with Gasteiger partial charge in [-0.05, 0) is 24.1 Å². The largest absolute Gasteiger partial charge is 0.356 e. The first-order valence-electron chi connectivity index (χ1n) is 6.31. The van der Waals surface area contributed by atoms with E-state index in [2.05, 4.69) is 15.6 Å². The minimum atomic E-state index is -0.274. The Balaban J connectivity index is 1.84. The van der Waals surface area contributed by atoms with Crippen molar-refractivity contribution in [1.29, 1.82) is 0 Å². The molecule has 96 valence electrons. The summed E-state index contributed by atoms with van der Waals surface area (Å²) in [5.74, 6) is 0.744. The van der Waals surface area contributed by atoms with Crippen molar-refractivity contribution in [3.63, 3.8) is 0 Å². The molecule has 3 rings (SSSR count). The van der Waals surface area contributed by atoms with E-state index in [4.69, 9.17) is 0 Å². The minimum Gasteiger partial charge on any atom is -0.356 e. The summed E-state index contributed by atoms with van der Waals surface area (Å²) in [7, 11) is 0. The second kappa shape index (κ2) is 4.72. The van der Waals surface area contributed by atoms with E-state index in [-0.39, 0.29) is 11.9 Å². The molecule has 1 aliphatic rings. The lowest BCUT2D eigenvalue weighted by Gasteiger charge is -2.26. The number of amides is 1. The average molecular weight is 253 g/mol. The summed E-state index contributed by atoms with van der Waals surface area (Å²) in [4.78, 5) is 16.4. The van der Waals surface area contributed by atoms with Gasteiger partial charge in [-0.3, -0.25) is 4.79 Å². The molecule has 1 aliphatic heterocycles. The first-order valence-corrected chi connectivity index (χ1v) is 6.31. The van der Waals surface area contributed by atoms with Gasteiger partial charge in [0.25, 0.3) is 0 Å². The molecule has 4 heteroatoms. The van der Waals surface area contributed by atoms with Crippen molar-refractivity contribution >= 4 is 17.4 Å². The van der Waals surface area contributed by atoms with Crippen LogP contribution in [0, 0.1) is 6.92 Å². The number of nitrogens with zero attached hydrogens (tertiary/aromatic N) is 1. The second-order valence-corrected chi connectivity index (χ2v) is 4.73. The van der Waals surface area contributed by atoms with Crippen LogP contribution in [0.1, 0.15) is 11.1 Å². The highest BCUT2D eigenvalue weighted by Gasteiger charge is 2.27. The third-order valence-corrected chi connectivity index (χ3v) is 3.32. The van der Waals surface area contributed by atoms with Crippen molar-refractivity contribution in [1.82, 2.24) is 4.98 Å². The number of pyridine rings is 1. The first kappa shape index (κ1) is 11.7. The van der Waals surface area contributed by atoms with Gasteiger partial charge in [0.1, 0.15) is 6.04 Å². The van der Waals surface area contributed by atoms with Crippen molar-refractivity contribution in [2.45, 2.75) is 19.4 Å². The number of nitrogens with one attached hydrogen (secondary N) is 2. The molecule has 1 unspecified atom stereocenters. The molecule has 2 aromatic rings. The maximum atomic E-state index is 12.1. The summed E-state index contributed by atoms with van der Waals surface area (Å²) in [6, 6.07) is 11.6. The topological polar surface area (TPSA) is 54.0 Å². The number of carbonyl (C=O) groups excluding carboxylic acids is 1. The predicted molar refractivity (Wildman–Crippen MR) is 75.2 cm³/mol. The van der Waals surface area contributed by atoms with Crippen molar-refractivity contribution in [3.8, 4) is 0 Å². The van der Waals surface area contributed by atoms with Crippen LogP contribution in [-0.4, -0.2) is 16.9 Å². The number of rotatable bonds is 2. The molecule has 1 amide bonds. The molecule has 0 saturated carbocycles. The molecule has 1 aromatic carbocycles. The Bertz CT molecular complexity index is 610. The van der Waals surface area contributed by atoms with Gasteiger partial charge in [0.05, 0.1) is 5.69 Å². The lowest BCUT2D eigenvalue weighted by Crippen LogP contribution is -2.41. The highest BCUT2D eigenvalue weighted by molar-refractivity contribution is 6.03. The molecule has 0 aliphatic carbocycles. The lowest BCUT2D eigenvalue weighted by molar-refractivity contribution is -0.117. The Morgan fingerprint density at radius 2 is 2.00 bits per heavy atom. The quantitative estimate of drug-likeness (QED) is 0.864. The van der Waals surface area contributed by atoms with Crippen LogP contribution in [-0.2, 0) is 11.2 Å². The van der Waals surface area contributed by atoms with Crippen molar-refractivity contribution in [3.05, 3.63) is 53.7 Å². The number of fused-ring (bicyclic) bond motifs is 1. The van der Waals surface area contributed by atoms with Crippen molar-refractivity contribution < 1.29 is 4.79 Å². The fourth-order valence-corrected chi connectivity index (χ4v) is 2.26. The Labute approximate surface area is 111 Å². The SMILES string of the molecule is Cc1ccnc2c1NC(=O)C(Cc1ccccc1)N2. The van der Waals surface area contributed by atoms with Crippen LogP contribution in [0.15, 0.2) is 42.6 Å². The molecule has 2 N–H and O–H groups in total. The van der Waals surface area contributed by atoms with Crippen LogP contribution in [0.2, 0.25) is 0 Å². The lowest BCUT2D eigenvalue weighted by atomic mass is 10.0. The first-order chi connectivity index (χ1) is 9.24. The van der Waals surface area contributed by atoms with Crippen LogP contribution < -0.4 is 10.6 Å². The molecule has 0 saturated heterocycles. The number of carbonyl (C=O) groups is 1. The number of aryl methyl sites for hydroxylation is 1. The van der Waals surface area contributed by atoms with Gasteiger partial charge in [-0.15, -0.1) is 0 Å². The molecule has 0 bridgehead atoms. The van der Waals surface area contributed by atoms with Gasteiger partial charge < -0.3 is 10.6 Å². The Morgan fingerprint density at radius 3 is 2.79 bits per heavy atom. The van der Waals surface area contributed by atoms with Crippen molar-refractivity contribution in [2.75, 3.05) is 10.6 Å². The molecule has 0 spiro atoms. The van der Waals surface area contributed by atoms with E-state index in [1.165, 1.54) is 0 Å². The highest BCUT2D eigenvalue weighted by Crippen LogP contribution is 2.28. The van der Waals surface area contributed by atoms with Gasteiger partial charge in [0, 0.05) is 12.6 Å². The normalized spacial score (nSPS) is 17.3. The molecule has 19 heavy (non-hydrogen) atoms. The average Bonchev–Trinajstić information content (AvgIpc) is 2.42. The second-order valence-electron chi connectivity index (χ2n) is 4.73. The summed E-state index contributed by atoms with van der Waals surface area (Å²) in [6.07, 6.45) is 2.40. The zero-order valence-electron chi connectivity index (χ0n) is 10.7. The Morgan fingerprint density at radius 1 is 1.21 bits per heavy atom. The maximum Gasteiger partial charge on any atom is 0.247 e. The number of anilines is 2. The summed E-state index contributed by atoms with van der Waals surface area (Å²) in [6.45, 7) is 1.96. The summed E-state index contributed by atoms with van der Waals surface area (Å²) < 4.78 is 0. The van der Waals surface area contributed by atoms with E-state index in [0.29, 0.717) is 6.42 Å². The predicted octanol–water partition coefficient (Wildman–Crippen LogP) is 2.37. The van der Waals surface area contributed by atoms with E-state index in [1.807, 2.05) is 43.3 Å². The fourth-order valence-electron chi connectivity index (χ4n) is 2.26. The number of aromatic nitrogens is 1. The van der Waals surface area contributed by atoms with E-state index in [0.717, 1.165) is 22.6 Å². The fraction of sp³-hybridized carbons (Fsp3) is 0.200. The molecule has 2 heterocycles. The number of hydrogen-bond acceptors (Lipinski definition) is 3. The van der Waals surface area contributed by atoms with Crippen LogP contribution >= 0.6 is 0 Å². The van der Waals surface area contributed by atoms with Gasteiger partial charge in [-0.25, -0.2) is 4.98 Å². The van der Waals surface area contributed by atoms with Crippen LogP contribution in [0.3, 0.4) is 0 Å². The van der Waals surface area contributed by atoms with Gasteiger partial charge >= 0.3 is 0 Å². The molecule has 1 aromatic heterocycles. The third-order valence-electron chi connectivity index (χ3n) is 3.32. The van der Waals surface area contributed by atoms with Crippen LogP contribution in [0.5, 0.6) is 0 Å². The third kappa shape index (κ3) is 2.29. The molecule has 4 nitrogen and oxygen atoms in total. The smallest absolute Gasteiger partial charge is 0.247 e. The summed E-state index contributed by atoms with van der Waals surface area (Å²) >= 11 is 0. The van der Waals surface area contributed by atoms with E-state index < -0.39 is 0 Å². The molecule has 0 radical (unpaired) electrons. The number of benzene rings is 1. The van der Waals surface area contributed by atoms with Gasteiger partial charge in [0.2, 0.25) is 5.91 Å². The molecule has 1 atom stereocenters. The zero-order chi connectivity index (χ0) is 13.2. The summed E-state index contributed by atoms with van der Waals surface area (Å²) in [5, 5.41) is 6.15. The molecule has 0 fully saturated rings.